The third-order valence-electron chi connectivity index (χ3n) is 3.34. The molecule has 1 aliphatic heterocycles. The number of nitrogens with one attached hydrogen (secondary N) is 1. The normalized spacial score (nSPS) is 25.1. The summed E-state index contributed by atoms with van der Waals surface area (Å²) in [6, 6.07) is 8.34. The van der Waals surface area contributed by atoms with E-state index in [9.17, 15) is 5.11 Å². The predicted octanol–water partition coefficient (Wildman–Crippen LogP) is 1.95. The SMILES string of the molecule is Cc1cccc([C@@](C)(O)[C@@H]2CCCN2)c1. The van der Waals surface area contributed by atoms with E-state index in [1.165, 1.54) is 5.56 Å². The smallest absolute Gasteiger partial charge is 0.102 e. The van der Waals surface area contributed by atoms with Gasteiger partial charge in [-0.05, 0) is 38.8 Å². The molecule has 1 heterocycles. The van der Waals surface area contributed by atoms with Crippen molar-refractivity contribution < 1.29 is 5.11 Å². The Labute approximate surface area is 91.3 Å². The second-order valence-corrected chi connectivity index (χ2v) is 4.67. The van der Waals surface area contributed by atoms with Crippen molar-refractivity contribution in [3.63, 3.8) is 0 Å². The van der Waals surface area contributed by atoms with E-state index in [-0.39, 0.29) is 6.04 Å². The Morgan fingerprint density at radius 3 is 2.87 bits per heavy atom. The van der Waals surface area contributed by atoms with Crippen molar-refractivity contribution in [2.75, 3.05) is 6.54 Å². The van der Waals surface area contributed by atoms with E-state index >= 15 is 0 Å². The molecule has 0 radical (unpaired) electrons. The Morgan fingerprint density at radius 1 is 1.47 bits per heavy atom. The van der Waals surface area contributed by atoms with E-state index in [4.69, 9.17) is 0 Å². The zero-order chi connectivity index (χ0) is 10.9. The molecule has 0 bridgehead atoms. The second-order valence-electron chi connectivity index (χ2n) is 4.67. The Morgan fingerprint density at radius 2 is 2.27 bits per heavy atom. The molecule has 1 fully saturated rings. The van der Waals surface area contributed by atoms with Crippen LogP contribution in [0.2, 0.25) is 0 Å². The minimum Gasteiger partial charge on any atom is -0.384 e. The van der Waals surface area contributed by atoms with Gasteiger partial charge in [0.2, 0.25) is 0 Å². The van der Waals surface area contributed by atoms with Crippen LogP contribution in [0, 0.1) is 6.92 Å². The van der Waals surface area contributed by atoms with Crippen LogP contribution >= 0.6 is 0 Å². The van der Waals surface area contributed by atoms with Gasteiger partial charge in [-0.1, -0.05) is 29.8 Å². The average molecular weight is 205 g/mol. The van der Waals surface area contributed by atoms with Crippen molar-refractivity contribution in [1.82, 2.24) is 5.32 Å². The Bertz CT molecular complexity index is 340. The van der Waals surface area contributed by atoms with Crippen molar-refractivity contribution >= 4 is 0 Å². The summed E-state index contributed by atoms with van der Waals surface area (Å²) < 4.78 is 0. The van der Waals surface area contributed by atoms with Gasteiger partial charge in [0.05, 0.1) is 0 Å². The quantitative estimate of drug-likeness (QED) is 0.773. The fraction of sp³-hybridized carbons (Fsp3) is 0.538. The van der Waals surface area contributed by atoms with Crippen LogP contribution in [-0.2, 0) is 5.60 Å². The maximum atomic E-state index is 10.5. The first-order valence-corrected chi connectivity index (χ1v) is 5.63. The number of hydrogen-bond donors (Lipinski definition) is 2. The van der Waals surface area contributed by atoms with Crippen molar-refractivity contribution in [3.05, 3.63) is 35.4 Å². The number of aryl methyl sites for hydroxylation is 1. The molecule has 2 N–H and O–H groups in total. The Hall–Kier alpha value is -0.860. The van der Waals surface area contributed by atoms with Crippen LogP contribution in [0.25, 0.3) is 0 Å². The molecule has 82 valence electrons. The lowest BCUT2D eigenvalue weighted by atomic mass is 9.86. The summed E-state index contributed by atoms with van der Waals surface area (Å²) in [5.41, 5.74) is 1.47. The van der Waals surface area contributed by atoms with Crippen molar-refractivity contribution in [2.45, 2.75) is 38.3 Å². The highest BCUT2D eigenvalue weighted by atomic mass is 16.3. The molecule has 1 aliphatic rings. The minimum atomic E-state index is -0.747. The molecule has 0 aromatic heterocycles. The first-order valence-electron chi connectivity index (χ1n) is 5.63. The van der Waals surface area contributed by atoms with Gasteiger partial charge in [-0.2, -0.15) is 0 Å². The summed E-state index contributed by atoms with van der Waals surface area (Å²) >= 11 is 0. The van der Waals surface area contributed by atoms with Crippen molar-refractivity contribution in [1.29, 1.82) is 0 Å². The molecule has 0 aliphatic carbocycles. The summed E-state index contributed by atoms with van der Waals surface area (Å²) in [6.07, 6.45) is 2.22. The molecule has 15 heavy (non-hydrogen) atoms. The topological polar surface area (TPSA) is 32.3 Å². The summed E-state index contributed by atoms with van der Waals surface area (Å²) in [4.78, 5) is 0. The van der Waals surface area contributed by atoms with Gasteiger partial charge in [-0.25, -0.2) is 0 Å². The van der Waals surface area contributed by atoms with E-state index in [0.717, 1.165) is 24.9 Å². The van der Waals surface area contributed by atoms with Gasteiger partial charge in [-0.3, -0.25) is 0 Å². The van der Waals surface area contributed by atoms with Gasteiger partial charge >= 0.3 is 0 Å². The summed E-state index contributed by atoms with van der Waals surface area (Å²) in [5, 5.41) is 13.9. The maximum absolute atomic E-state index is 10.5. The molecule has 2 heteroatoms. The van der Waals surface area contributed by atoms with Crippen LogP contribution in [0.15, 0.2) is 24.3 Å². The molecule has 0 amide bonds. The van der Waals surface area contributed by atoms with E-state index in [2.05, 4.69) is 24.4 Å². The van der Waals surface area contributed by atoms with Gasteiger partial charge in [0.25, 0.3) is 0 Å². The highest BCUT2D eigenvalue weighted by Gasteiger charge is 2.35. The number of hydrogen-bond acceptors (Lipinski definition) is 2. The maximum Gasteiger partial charge on any atom is 0.102 e. The monoisotopic (exact) mass is 205 g/mol. The first kappa shape index (κ1) is 10.7. The highest BCUT2D eigenvalue weighted by molar-refractivity contribution is 5.28. The van der Waals surface area contributed by atoms with Crippen LogP contribution in [0.5, 0.6) is 0 Å². The lowest BCUT2D eigenvalue weighted by molar-refractivity contribution is 0.0218. The Balaban J connectivity index is 2.27. The van der Waals surface area contributed by atoms with Crippen molar-refractivity contribution in [2.24, 2.45) is 0 Å². The van der Waals surface area contributed by atoms with Crippen LogP contribution < -0.4 is 5.32 Å². The molecule has 0 spiro atoms. The van der Waals surface area contributed by atoms with Crippen LogP contribution in [0.3, 0.4) is 0 Å². The molecule has 0 unspecified atom stereocenters. The molecule has 2 atom stereocenters. The van der Waals surface area contributed by atoms with Crippen molar-refractivity contribution in [3.8, 4) is 0 Å². The van der Waals surface area contributed by atoms with Crippen LogP contribution in [0.4, 0.5) is 0 Å². The number of rotatable bonds is 2. The first-order chi connectivity index (χ1) is 7.10. The molecule has 1 aromatic carbocycles. The van der Waals surface area contributed by atoms with Gasteiger partial charge < -0.3 is 10.4 Å². The highest BCUT2D eigenvalue weighted by Crippen LogP contribution is 2.29. The fourth-order valence-electron chi connectivity index (χ4n) is 2.33. The fourth-order valence-corrected chi connectivity index (χ4v) is 2.33. The molecule has 1 aromatic rings. The molecule has 2 nitrogen and oxygen atoms in total. The number of aliphatic hydroxyl groups is 1. The van der Waals surface area contributed by atoms with Gasteiger partial charge in [0.15, 0.2) is 0 Å². The number of benzene rings is 1. The largest absolute Gasteiger partial charge is 0.384 e. The molecular formula is C13H19NO. The summed E-state index contributed by atoms with van der Waals surface area (Å²) in [7, 11) is 0. The lowest BCUT2D eigenvalue weighted by Gasteiger charge is -2.31. The van der Waals surface area contributed by atoms with Crippen LogP contribution in [0.1, 0.15) is 30.9 Å². The lowest BCUT2D eigenvalue weighted by Crippen LogP contribution is -2.42. The zero-order valence-corrected chi connectivity index (χ0v) is 9.46. The molecule has 0 saturated carbocycles. The molecular weight excluding hydrogens is 186 g/mol. The van der Waals surface area contributed by atoms with Crippen LogP contribution in [-0.4, -0.2) is 17.7 Å². The molecule has 2 rings (SSSR count). The van der Waals surface area contributed by atoms with E-state index in [1.54, 1.807) is 0 Å². The predicted molar refractivity (Wildman–Crippen MR) is 61.8 cm³/mol. The average Bonchev–Trinajstić information content (AvgIpc) is 2.71. The van der Waals surface area contributed by atoms with E-state index in [1.807, 2.05) is 19.1 Å². The third kappa shape index (κ3) is 2.06. The summed E-state index contributed by atoms with van der Waals surface area (Å²) in [5.74, 6) is 0. The molecule has 1 saturated heterocycles. The standard InChI is InChI=1S/C13H19NO/c1-10-5-3-6-11(9-10)13(2,15)12-7-4-8-14-12/h3,5-6,9,12,14-15H,4,7-8H2,1-2H3/t12-,13+/m0/s1. The van der Waals surface area contributed by atoms with E-state index < -0.39 is 5.60 Å². The minimum absolute atomic E-state index is 0.194. The van der Waals surface area contributed by atoms with Gasteiger partial charge in [0.1, 0.15) is 5.60 Å². The third-order valence-corrected chi connectivity index (χ3v) is 3.34. The van der Waals surface area contributed by atoms with Gasteiger partial charge in [0, 0.05) is 6.04 Å². The zero-order valence-electron chi connectivity index (χ0n) is 9.46. The van der Waals surface area contributed by atoms with Gasteiger partial charge in [-0.15, -0.1) is 0 Å². The second kappa shape index (κ2) is 3.95. The Kier molecular flexibility index (Phi) is 2.81. The van der Waals surface area contributed by atoms with E-state index in [0.29, 0.717) is 0 Å². The summed E-state index contributed by atoms with van der Waals surface area (Å²) in [6.45, 7) is 4.99.